The molecule has 0 radical (unpaired) electrons. The number of hydrogen-bond acceptors (Lipinski definition) is 3. The highest BCUT2D eigenvalue weighted by Gasteiger charge is 2.21. The van der Waals surface area contributed by atoms with Crippen LogP contribution in [0.15, 0.2) is 30.3 Å². The first-order valence-corrected chi connectivity index (χ1v) is 6.78. The van der Waals surface area contributed by atoms with Gasteiger partial charge >= 0.3 is 0 Å². The summed E-state index contributed by atoms with van der Waals surface area (Å²) in [5, 5.41) is 11.1. The Morgan fingerprint density at radius 3 is 2.19 bits per heavy atom. The highest BCUT2D eigenvalue weighted by atomic mass is 35.5. The van der Waals surface area contributed by atoms with E-state index >= 15 is 0 Å². The fraction of sp³-hybridized carbons (Fsp3) is 0.200. The molecule has 0 aliphatic heterocycles. The number of halogens is 3. The zero-order valence-electron chi connectivity index (χ0n) is 11.4. The van der Waals surface area contributed by atoms with Crippen LogP contribution < -0.4 is 9.47 Å². The molecule has 2 aromatic carbocycles. The van der Waals surface area contributed by atoms with E-state index in [0.29, 0.717) is 16.3 Å². The van der Waals surface area contributed by atoms with E-state index in [-0.39, 0.29) is 16.3 Å². The van der Waals surface area contributed by atoms with E-state index < -0.39 is 11.9 Å². The van der Waals surface area contributed by atoms with Gasteiger partial charge in [0.05, 0.1) is 14.2 Å². The third-order valence-electron chi connectivity index (χ3n) is 3.05. The number of methoxy groups -OCH3 is 2. The lowest BCUT2D eigenvalue weighted by Crippen LogP contribution is -2.05. The Hall–Kier alpha value is -1.49. The van der Waals surface area contributed by atoms with E-state index in [1.807, 2.05) is 0 Å². The minimum atomic E-state index is -1.24. The number of rotatable bonds is 4. The number of hydrogen-bond donors (Lipinski definition) is 1. The highest BCUT2D eigenvalue weighted by molar-refractivity contribution is 6.35. The van der Waals surface area contributed by atoms with E-state index in [0.717, 1.165) is 6.07 Å². The summed E-state index contributed by atoms with van der Waals surface area (Å²) in [7, 11) is 2.84. The van der Waals surface area contributed by atoms with Crippen LogP contribution in [0.25, 0.3) is 0 Å². The zero-order valence-corrected chi connectivity index (χ0v) is 12.9. The van der Waals surface area contributed by atoms with Gasteiger partial charge in [-0.2, -0.15) is 0 Å². The normalized spacial score (nSPS) is 12.1. The van der Waals surface area contributed by atoms with Crippen molar-refractivity contribution in [1.82, 2.24) is 0 Å². The molecule has 0 spiro atoms. The van der Waals surface area contributed by atoms with Gasteiger partial charge in [-0.05, 0) is 18.2 Å². The molecule has 0 fully saturated rings. The number of benzene rings is 2. The molecule has 0 saturated heterocycles. The van der Waals surface area contributed by atoms with Gasteiger partial charge in [0, 0.05) is 27.2 Å². The van der Waals surface area contributed by atoms with Gasteiger partial charge in [-0.25, -0.2) is 4.39 Å². The minimum Gasteiger partial charge on any atom is -0.493 e. The van der Waals surface area contributed by atoms with E-state index in [1.54, 1.807) is 12.1 Å². The van der Waals surface area contributed by atoms with Crippen molar-refractivity contribution in [2.45, 2.75) is 6.10 Å². The fourth-order valence-electron chi connectivity index (χ4n) is 1.97. The average molecular weight is 331 g/mol. The lowest BCUT2D eigenvalue weighted by Gasteiger charge is -2.16. The molecule has 112 valence electrons. The zero-order chi connectivity index (χ0) is 15.6. The van der Waals surface area contributed by atoms with E-state index in [2.05, 4.69) is 0 Å². The van der Waals surface area contributed by atoms with Crippen LogP contribution in [0.3, 0.4) is 0 Å². The van der Waals surface area contributed by atoms with Crippen molar-refractivity contribution in [3.63, 3.8) is 0 Å². The van der Waals surface area contributed by atoms with Crippen LogP contribution in [0.2, 0.25) is 10.0 Å². The van der Waals surface area contributed by atoms with E-state index in [4.69, 9.17) is 32.7 Å². The van der Waals surface area contributed by atoms with Gasteiger partial charge in [-0.3, -0.25) is 0 Å². The van der Waals surface area contributed by atoms with Crippen LogP contribution in [-0.2, 0) is 0 Å². The van der Waals surface area contributed by atoms with Gasteiger partial charge in [0.25, 0.3) is 0 Å². The molecule has 0 bridgehead atoms. The summed E-state index contributed by atoms with van der Waals surface area (Å²) in [5.74, 6) is -0.0580. The van der Waals surface area contributed by atoms with Crippen molar-refractivity contribution < 1.29 is 19.0 Å². The minimum absolute atomic E-state index is 0.0388. The number of aliphatic hydroxyl groups excluding tert-OH is 1. The van der Waals surface area contributed by atoms with Gasteiger partial charge in [0.15, 0.2) is 11.5 Å². The summed E-state index contributed by atoms with van der Waals surface area (Å²) < 4.78 is 24.3. The Balaban J connectivity index is 2.50. The first kappa shape index (κ1) is 15.9. The summed E-state index contributed by atoms with van der Waals surface area (Å²) in [6.07, 6.45) is -1.24. The second-order valence-electron chi connectivity index (χ2n) is 4.30. The Labute approximate surface area is 131 Å². The molecule has 2 rings (SSSR count). The molecule has 0 aromatic heterocycles. The molecular formula is C15H13Cl2FO3. The van der Waals surface area contributed by atoms with Crippen LogP contribution in [0.4, 0.5) is 4.39 Å². The Bertz CT molecular complexity index is 662. The molecule has 0 heterocycles. The van der Waals surface area contributed by atoms with Crippen molar-refractivity contribution in [3.05, 3.63) is 57.3 Å². The SMILES string of the molecule is COc1cc(F)c(C(O)c2ccc(Cl)cc2Cl)cc1OC. The first-order chi connectivity index (χ1) is 9.97. The van der Waals surface area contributed by atoms with Crippen molar-refractivity contribution in [2.24, 2.45) is 0 Å². The Kier molecular flexibility index (Phi) is 4.93. The molecule has 0 aliphatic carbocycles. The number of aliphatic hydroxyl groups is 1. The Morgan fingerprint density at radius 2 is 1.62 bits per heavy atom. The van der Waals surface area contributed by atoms with Gasteiger partial charge in [-0.1, -0.05) is 29.3 Å². The molecular weight excluding hydrogens is 318 g/mol. The molecule has 0 aliphatic rings. The molecule has 3 nitrogen and oxygen atoms in total. The maximum absolute atomic E-state index is 14.1. The van der Waals surface area contributed by atoms with Crippen molar-refractivity contribution in [3.8, 4) is 11.5 Å². The first-order valence-electron chi connectivity index (χ1n) is 6.02. The summed E-state index contributed by atoms with van der Waals surface area (Å²) in [6.45, 7) is 0. The predicted octanol–water partition coefficient (Wildman–Crippen LogP) is 4.23. The van der Waals surface area contributed by atoms with Crippen LogP contribution in [-0.4, -0.2) is 19.3 Å². The predicted molar refractivity (Wildman–Crippen MR) is 80.0 cm³/mol. The van der Waals surface area contributed by atoms with Gasteiger partial charge in [0.2, 0.25) is 0 Å². The average Bonchev–Trinajstić information content (AvgIpc) is 2.46. The molecule has 0 saturated carbocycles. The lowest BCUT2D eigenvalue weighted by atomic mass is 10.0. The molecule has 6 heteroatoms. The third-order valence-corrected chi connectivity index (χ3v) is 3.62. The summed E-state index contributed by atoms with van der Waals surface area (Å²) in [5.41, 5.74) is 0.393. The van der Waals surface area contributed by atoms with Gasteiger partial charge in [0.1, 0.15) is 11.9 Å². The van der Waals surface area contributed by atoms with Crippen LogP contribution in [0.5, 0.6) is 11.5 Å². The fourth-order valence-corrected chi connectivity index (χ4v) is 2.48. The maximum atomic E-state index is 14.1. The highest BCUT2D eigenvalue weighted by Crippen LogP contribution is 2.36. The summed E-state index contributed by atoms with van der Waals surface area (Å²) in [4.78, 5) is 0. The van der Waals surface area contributed by atoms with Crippen molar-refractivity contribution >= 4 is 23.2 Å². The van der Waals surface area contributed by atoms with Gasteiger partial charge < -0.3 is 14.6 Å². The maximum Gasteiger partial charge on any atom is 0.163 e. The van der Waals surface area contributed by atoms with Crippen molar-refractivity contribution in [2.75, 3.05) is 14.2 Å². The summed E-state index contributed by atoms with van der Waals surface area (Å²) in [6, 6.07) is 7.14. The van der Waals surface area contributed by atoms with Crippen LogP contribution in [0.1, 0.15) is 17.2 Å². The molecule has 21 heavy (non-hydrogen) atoms. The van der Waals surface area contributed by atoms with Crippen molar-refractivity contribution in [1.29, 1.82) is 0 Å². The monoisotopic (exact) mass is 330 g/mol. The molecule has 0 amide bonds. The molecule has 1 N–H and O–H groups in total. The molecule has 2 aromatic rings. The second-order valence-corrected chi connectivity index (χ2v) is 5.14. The summed E-state index contributed by atoms with van der Waals surface area (Å²) >= 11 is 11.8. The second kappa shape index (κ2) is 6.52. The molecule has 1 unspecified atom stereocenters. The van der Waals surface area contributed by atoms with E-state index in [9.17, 15) is 9.50 Å². The van der Waals surface area contributed by atoms with Crippen LogP contribution in [0, 0.1) is 5.82 Å². The smallest absolute Gasteiger partial charge is 0.163 e. The number of ether oxygens (including phenoxy) is 2. The topological polar surface area (TPSA) is 38.7 Å². The molecule has 1 atom stereocenters. The van der Waals surface area contributed by atoms with Crippen LogP contribution >= 0.6 is 23.2 Å². The Morgan fingerprint density at radius 1 is 1.00 bits per heavy atom. The van der Waals surface area contributed by atoms with Gasteiger partial charge in [-0.15, -0.1) is 0 Å². The quantitative estimate of drug-likeness (QED) is 0.911. The third kappa shape index (κ3) is 3.23. The largest absolute Gasteiger partial charge is 0.493 e. The standard InChI is InChI=1S/C15H13Cl2FO3/c1-20-13-6-10(12(18)7-14(13)21-2)15(19)9-4-3-8(16)5-11(9)17/h3-7,15,19H,1-2H3. The lowest BCUT2D eigenvalue weighted by molar-refractivity contribution is 0.214. The van der Waals surface area contributed by atoms with E-state index in [1.165, 1.54) is 26.4 Å².